The van der Waals surface area contributed by atoms with Gasteiger partial charge in [-0.2, -0.15) is 0 Å². The van der Waals surface area contributed by atoms with Crippen LogP contribution in [0.3, 0.4) is 0 Å². The summed E-state index contributed by atoms with van der Waals surface area (Å²) < 4.78 is 16.9. The highest BCUT2D eigenvalue weighted by Gasteiger charge is 2.17. The standard InChI is InChI=1S/C22H20N4O4S/c1-26(12-14-6-7-18-19(10-14)29-9-8-28-18)20(27)13-31-22-25-24-21(30-22)16-11-23-17-5-3-2-4-15(16)17/h2-7,10-11,23H,8-9,12-13H2,1H3. The Morgan fingerprint density at radius 2 is 1.97 bits per heavy atom. The molecular weight excluding hydrogens is 416 g/mol. The van der Waals surface area contributed by atoms with Crippen molar-refractivity contribution in [2.75, 3.05) is 26.0 Å². The normalized spacial score (nSPS) is 12.8. The fourth-order valence-electron chi connectivity index (χ4n) is 3.41. The Morgan fingerprint density at radius 1 is 1.13 bits per heavy atom. The van der Waals surface area contributed by atoms with Gasteiger partial charge in [0.25, 0.3) is 11.1 Å². The number of benzene rings is 2. The van der Waals surface area contributed by atoms with Crippen LogP contribution < -0.4 is 9.47 Å². The van der Waals surface area contributed by atoms with Crippen LogP contribution in [0.2, 0.25) is 0 Å². The van der Waals surface area contributed by atoms with Gasteiger partial charge in [-0.25, -0.2) is 0 Å². The molecule has 1 aliphatic heterocycles. The second-order valence-corrected chi connectivity index (χ2v) is 8.06. The third kappa shape index (κ3) is 4.09. The Labute approximate surface area is 182 Å². The summed E-state index contributed by atoms with van der Waals surface area (Å²) in [4.78, 5) is 17.4. The average Bonchev–Trinajstić information content (AvgIpc) is 3.44. The summed E-state index contributed by atoms with van der Waals surface area (Å²) in [7, 11) is 1.77. The first-order valence-corrected chi connectivity index (χ1v) is 10.8. The number of para-hydroxylation sites is 1. The molecule has 158 valence electrons. The van der Waals surface area contributed by atoms with Gasteiger partial charge in [-0.1, -0.05) is 36.0 Å². The highest BCUT2D eigenvalue weighted by atomic mass is 32.2. The van der Waals surface area contributed by atoms with Gasteiger partial charge in [0.1, 0.15) is 13.2 Å². The molecule has 3 heterocycles. The van der Waals surface area contributed by atoms with Crippen LogP contribution in [-0.4, -0.2) is 52.0 Å². The van der Waals surface area contributed by atoms with Crippen molar-refractivity contribution in [2.24, 2.45) is 0 Å². The number of rotatable bonds is 6. The number of carbonyl (C=O) groups is 1. The van der Waals surface area contributed by atoms with Gasteiger partial charge in [0.05, 0.1) is 11.3 Å². The van der Waals surface area contributed by atoms with E-state index in [9.17, 15) is 4.79 Å². The minimum absolute atomic E-state index is 0.0354. The first kappa shape index (κ1) is 19.5. The number of hydrogen-bond acceptors (Lipinski definition) is 7. The van der Waals surface area contributed by atoms with E-state index in [4.69, 9.17) is 13.9 Å². The lowest BCUT2D eigenvalue weighted by atomic mass is 10.2. The number of nitrogens with one attached hydrogen (secondary N) is 1. The van der Waals surface area contributed by atoms with Crippen LogP contribution in [0.5, 0.6) is 11.5 Å². The zero-order valence-corrected chi connectivity index (χ0v) is 17.6. The third-order valence-electron chi connectivity index (χ3n) is 5.00. The Morgan fingerprint density at radius 3 is 2.87 bits per heavy atom. The van der Waals surface area contributed by atoms with E-state index in [1.807, 2.05) is 48.7 Å². The van der Waals surface area contributed by atoms with E-state index in [2.05, 4.69) is 15.2 Å². The van der Waals surface area contributed by atoms with Gasteiger partial charge in [-0.3, -0.25) is 4.79 Å². The first-order valence-electron chi connectivity index (χ1n) is 9.82. The highest BCUT2D eigenvalue weighted by Crippen LogP contribution is 2.32. The maximum atomic E-state index is 12.6. The molecule has 1 amide bonds. The molecule has 8 nitrogen and oxygen atoms in total. The summed E-state index contributed by atoms with van der Waals surface area (Å²) in [6.45, 7) is 1.56. The smallest absolute Gasteiger partial charge is 0.277 e. The van der Waals surface area contributed by atoms with E-state index < -0.39 is 0 Å². The second kappa shape index (κ2) is 8.35. The molecule has 0 bridgehead atoms. The van der Waals surface area contributed by atoms with Crippen LogP contribution in [0.25, 0.3) is 22.4 Å². The minimum Gasteiger partial charge on any atom is -0.486 e. The summed E-state index contributed by atoms with van der Waals surface area (Å²) in [6, 6.07) is 13.6. The molecule has 2 aromatic heterocycles. The van der Waals surface area contributed by atoms with Gasteiger partial charge in [0.2, 0.25) is 5.91 Å². The van der Waals surface area contributed by atoms with Crippen LogP contribution in [-0.2, 0) is 11.3 Å². The molecule has 0 saturated carbocycles. The molecule has 0 fully saturated rings. The third-order valence-corrected chi connectivity index (χ3v) is 5.80. The van der Waals surface area contributed by atoms with Crippen molar-refractivity contribution < 1.29 is 18.7 Å². The second-order valence-electron chi connectivity index (χ2n) is 7.14. The first-order chi connectivity index (χ1) is 15.2. The maximum absolute atomic E-state index is 12.6. The molecule has 0 radical (unpaired) electrons. The lowest BCUT2D eigenvalue weighted by molar-refractivity contribution is -0.127. The van der Waals surface area contributed by atoms with Crippen molar-refractivity contribution in [3.05, 3.63) is 54.2 Å². The van der Waals surface area contributed by atoms with Crippen LogP contribution in [0, 0.1) is 0 Å². The summed E-state index contributed by atoms with van der Waals surface area (Å²) in [5.41, 5.74) is 2.82. The van der Waals surface area contributed by atoms with E-state index in [0.29, 0.717) is 30.9 Å². The van der Waals surface area contributed by atoms with Gasteiger partial charge in [0, 0.05) is 30.7 Å². The number of thioether (sulfide) groups is 1. The van der Waals surface area contributed by atoms with E-state index in [1.54, 1.807) is 11.9 Å². The van der Waals surface area contributed by atoms with Crippen LogP contribution in [0.1, 0.15) is 5.56 Å². The van der Waals surface area contributed by atoms with Gasteiger partial charge in [-0.15, -0.1) is 10.2 Å². The number of aromatic amines is 1. The molecule has 0 saturated heterocycles. The van der Waals surface area contributed by atoms with E-state index in [1.165, 1.54) is 11.8 Å². The lowest BCUT2D eigenvalue weighted by Gasteiger charge is -2.21. The predicted octanol–water partition coefficient (Wildman–Crippen LogP) is 3.74. The minimum atomic E-state index is -0.0354. The number of nitrogens with zero attached hydrogens (tertiary/aromatic N) is 3. The monoisotopic (exact) mass is 436 g/mol. The quantitative estimate of drug-likeness (QED) is 0.460. The number of fused-ring (bicyclic) bond motifs is 2. The summed E-state index contributed by atoms with van der Waals surface area (Å²) in [6.07, 6.45) is 1.85. The molecular formula is C22H20N4O4S. The maximum Gasteiger partial charge on any atom is 0.277 e. The molecule has 2 aromatic carbocycles. The molecule has 9 heteroatoms. The Hall–Kier alpha value is -3.46. The molecule has 4 aromatic rings. The number of H-pyrrole nitrogens is 1. The molecule has 5 rings (SSSR count). The van der Waals surface area contributed by atoms with Crippen LogP contribution >= 0.6 is 11.8 Å². The molecule has 1 aliphatic rings. The summed E-state index contributed by atoms with van der Waals surface area (Å²) in [5.74, 6) is 2.05. The molecule has 1 N–H and O–H groups in total. The van der Waals surface area contributed by atoms with E-state index in [-0.39, 0.29) is 11.7 Å². The number of hydrogen-bond donors (Lipinski definition) is 1. The van der Waals surface area contributed by atoms with Gasteiger partial charge in [-0.05, 0) is 23.8 Å². The number of aromatic nitrogens is 3. The van der Waals surface area contributed by atoms with Crippen LogP contribution in [0.15, 0.2) is 58.3 Å². The Kier molecular flexibility index (Phi) is 5.25. The van der Waals surface area contributed by atoms with E-state index in [0.717, 1.165) is 33.5 Å². The van der Waals surface area contributed by atoms with Crippen molar-refractivity contribution >= 4 is 28.6 Å². The Bertz CT molecular complexity index is 1240. The van der Waals surface area contributed by atoms with E-state index >= 15 is 0 Å². The summed E-state index contributed by atoms with van der Waals surface area (Å²) in [5, 5.41) is 9.58. The van der Waals surface area contributed by atoms with Crippen molar-refractivity contribution in [1.29, 1.82) is 0 Å². The largest absolute Gasteiger partial charge is 0.486 e. The van der Waals surface area contributed by atoms with Crippen molar-refractivity contribution in [3.63, 3.8) is 0 Å². The predicted molar refractivity (Wildman–Crippen MR) is 116 cm³/mol. The SMILES string of the molecule is CN(Cc1ccc2c(c1)OCCO2)C(=O)CSc1nnc(-c2c[nH]c3ccccc23)o1. The van der Waals surface area contributed by atoms with Crippen LogP contribution in [0.4, 0.5) is 0 Å². The van der Waals surface area contributed by atoms with Gasteiger partial charge >= 0.3 is 0 Å². The fraction of sp³-hybridized carbons (Fsp3) is 0.227. The average molecular weight is 436 g/mol. The molecule has 0 aliphatic carbocycles. The topological polar surface area (TPSA) is 93.5 Å². The molecule has 0 atom stereocenters. The molecule has 31 heavy (non-hydrogen) atoms. The van der Waals surface area contributed by atoms with Gasteiger partial charge < -0.3 is 23.8 Å². The number of amides is 1. The number of carbonyl (C=O) groups excluding carboxylic acids is 1. The Balaban J connectivity index is 1.20. The van der Waals surface area contributed by atoms with Gasteiger partial charge in [0.15, 0.2) is 11.5 Å². The van der Waals surface area contributed by atoms with Crippen molar-refractivity contribution in [1.82, 2.24) is 20.1 Å². The number of ether oxygens (including phenoxy) is 2. The summed E-state index contributed by atoms with van der Waals surface area (Å²) >= 11 is 1.23. The molecule has 0 spiro atoms. The molecule has 0 unspecified atom stereocenters. The highest BCUT2D eigenvalue weighted by molar-refractivity contribution is 7.99. The van der Waals surface area contributed by atoms with Crippen molar-refractivity contribution in [3.8, 4) is 23.0 Å². The fourth-order valence-corrected chi connectivity index (χ4v) is 4.11. The zero-order chi connectivity index (χ0) is 21.2. The van der Waals surface area contributed by atoms with Crippen molar-refractivity contribution in [2.45, 2.75) is 11.8 Å². The lowest BCUT2D eigenvalue weighted by Crippen LogP contribution is -2.27. The zero-order valence-electron chi connectivity index (χ0n) is 16.8.